The number of fused-ring (bicyclic) bond motifs is 1. The van der Waals surface area contributed by atoms with E-state index in [1.165, 1.54) is 28.1 Å². The van der Waals surface area contributed by atoms with Crippen molar-refractivity contribution in [1.29, 1.82) is 0 Å². The minimum absolute atomic E-state index is 0.0542. The number of nitrogens with two attached hydrogens (primary N) is 1. The van der Waals surface area contributed by atoms with Crippen LogP contribution in [-0.4, -0.2) is 80.0 Å². The van der Waals surface area contributed by atoms with Crippen molar-refractivity contribution in [3.8, 4) is 0 Å². The van der Waals surface area contributed by atoms with Crippen LogP contribution in [0.1, 0.15) is 5.69 Å². The van der Waals surface area contributed by atoms with Crippen LogP contribution in [-0.2, 0) is 23.9 Å². The highest BCUT2D eigenvalue weighted by molar-refractivity contribution is 8.00. The number of carbonyl (C=O) groups is 4. The summed E-state index contributed by atoms with van der Waals surface area (Å²) in [4.78, 5) is 53.2. The summed E-state index contributed by atoms with van der Waals surface area (Å²) in [6.07, 6.45) is 1.34. The van der Waals surface area contributed by atoms with E-state index in [-0.39, 0.29) is 28.8 Å². The molecule has 0 spiro atoms. The average Bonchev–Trinajstić information content (AvgIpc) is 3.15. The zero-order valence-electron chi connectivity index (χ0n) is 15.3. The Morgan fingerprint density at radius 3 is 2.83 bits per heavy atom. The number of hydrogen-bond donors (Lipinski definition) is 4. The normalized spacial score (nSPS) is 25.7. The predicted molar refractivity (Wildman–Crippen MR) is 106 cm³/mol. The fraction of sp³-hybridized carbons (Fsp3) is 0.375. The molecule has 0 radical (unpaired) electrons. The van der Waals surface area contributed by atoms with Gasteiger partial charge in [0.1, 0.15) is 22.5 Å². The number of aromatic nitrogens is 1. The van der Waals surface area contributed by atoms with Gasteiger partial charge in [0.15, 0.2) is 17.5 Å². The highest BCUT2D eigenvalue weighted by atomic mass is 32.2. The first-order chi connectivity index (χ1) is 14.2. The summed E-state index contributed by atoms with van der Waals surface area (Å²) >= 11 is 2.27. The molecule has 160 valence electrons. The topological polar surface area (TPSA) is 185 Å². The minimum Gasteiger partial charge on any atom is -0.479 e. The first-order valence-electron chi connectivity index (χ1n) is 8.41. The molecule has 1 aromatic heterocycles. The molecule has 2 amide bonds. The van der Waals surface area contributed by atoms with E-state index < -0.39 is 47.2 Å². The summed E-state index contributed by atoms with van der Waals surface area (Å²) in [5.74, 6) is -3.16. The van der Waals surface area contributed by atoms with Gasteiger partial charge in [0, 0.05) is 17.7 Å². The second kappa shape index (κ2) is 8.31. The highest BCUT2D eigenvalue weighted by Crippen LogP contribution is 2.43. The van der Waals surface area contributed by atoms with Crippen molar-refractivity contribution >= 4 is 57.7 Å². The highest BCUT2D eigenvalue weighted by Gasteiger charge is 2.57. The first kappa shape index (κ1) is 21.6. The second-order valence-corrected chi connectivity index (χ2v) is 8.46. The van der Waals surface area contributed by atoms with E-state index in [9.17, 15) is 19.2 Å². The van der Waals surface area contributed by atoms with Crippen molar-refractivity contribution in [1.82, 2.24) is 15.2 Å². The molecule has 14 heteroatoms. The van der Waals surface area contributed by atoms with Crippen molar-refractivity contribution in [2.75, 3.05) is 24.6 Å². The maximum Gasteiger partial charge on any atom is 0.341 e. The predicted octanol–water partition coefficient (Wildman–Crippen LogP) is -0.896. The second-order valence-electron chi connectivity index (χ2n) is 6.47. The minimum atomic E-state index is -1.30. The molecular weight excluding hydrogens is 438 g/mol. The molecule has 2 fully saturated rings. The fourth-order valence-electron chi connectivity index (χ4n) is 3.01. The van der Waals surface area contributed by atoms with Gasteiger partial charge in [-0.1, -0.05) is 11.2 Å². The number of oxime groups is 1. The Morgan fingerprint density at radius 2 is 2.27 bits per heavy atom. The lowest BCUT2D eigenvalue weighted by atomic mass is 9.87. The van der Waals surface area contributed by atoms with E-state index in [0.29, 0.717) is 0 Å². The van der Waals surface area contributed by atoms with Crippen LogP contribution in [0.2, 0.25) is 0 Å². The molecule has 2 unspecified atom stereocenters. The van der Waals surface area contributed by atoms with Gasteiger partial charge in [-0.05, 0) is 0 Å². The third-order valence-electron chi connectivity index (χ3n) is 4.60. The van der Waals surface area contributed by atoms with Gasteiger partial charge in [0.05, 0.1) is 0 Å². The number of esters is 1. The van der Waals surface area contributed by atoms with Gasteiger partial charge in [-0.25, -0.2) is 9.78 Å². The number of ether oxygens (including phenoxy) is 1. The molecule has 3 rings (SSSR count). The van der Waals surface area contributed by atoms with E-state index in [1.807, 2.05) is 0 Å². The van der Waals surface area contributed by atoms with Gasteiger partial charge in [-0.2, -0.15) is 0 Å². The number of carbonyl (C=O) groups excluding carboxylic acids is 3. The zero-order chi connectivity index (χ0) is 22.1. The third-order valence-corrected chi connectivity index (χ3v) is 6.82. The number of carboxylic acids is 1. The van der Waals surface area contributed by atoms with Crippen LogP contribution in [0.15, 0.2) is 23.2 Å². The first-order valence-corrected chi connectivity index (χ1v) is 10.3. The number of nitrogens with zero attached hydrogens (tertiary/aromatic N) is 3. The van der Waals surface area contributed by atoms with Gasteiger partial charge in [0.25, 0.3) is 5.91 Å². The molecule has 2 aliphatic rings. The molecule has 1 aromatic rings. The summed E-state index contributed by atoms with van der Waals surface area (Å²) < 4.78 is 4.78. The molecule has 30 heavy (non-hydrogen) atoms. The zero-order valence-corrected chi connectivity index (χ0v) is 16.9. The van der Waals surface area contributed by atoms with Gasteiger partial charge in [-0.3, -0.25) is 14.4 Å². The van der Waals surface area contributed by atoms with Crippen LogP contribution in [0.4, 0.5) is 5.13 Å². The Kier molecular flexibility index (Phi) is 5.98. The van der Waals surface area contributed by atoms with Gasteiger partial charge in [0.2, 0.25) is 5.91 Å². The van der Waals surface area contributed by atoms with Crippen LogP contribution >= 0.6 is 23.1 Å². The molecule has 3 atom stereocenters. The van der Waals surface area contributed by atoms with Crippen LogP contribution in [0, 0.1) is 5.41 Å². The van der Waals surface area contributed by atoms with E-state index in [0.717, 1.165) is 11.3 Å². The smallest absolute Gasteiger partial charge is 0.341 e. The van der Waals surface area contributed by atoms with Gasteiger partial charge >= 0.3 is 11.9 Å². The third kappa shape index (κ3) is 3.82. The number of thioether (sulfide) groups is 1. The number of carboxylic acid groups (broad SMARTS) is 1. The van der Waals surface area contributed by atoms with Crippen molar-refractivity contribution in [3.05, 3.63) is 23.7 Å². The number of nitrogens with one attached hydrogen (secondary N) is 1. The van der Waals surface area contributed by atoms with Crippen molar-refractivity contribution < 1.29 is 34.2 Å². The summed E-state index contributed by atoms with van der Waals surface area (Å²) in [5.41, 5.74) is 3.96. The van der Waals surface area contributed by atoms with Crippen molar-refractivity contribution in [3.63, 3.8) is 0 Å². The van der Waals surface area contributed by atoms with Crippen molar-refractivity contribution in [2.24, 2.45) is 10.6 Å². The quantitative estimate of drug-likeness (QED) is 0.100. The summed E-state index contributed by atoms with van der Waals surface area (Å²) in [6, 6.07) is -0.895. The van der Waals surface area contributed by atoms with Crippen molar-refractivity contribution in [2.45, 2.75) is 11.4 Å². The summed E-state index contributed by atoms with van der Waals surface area (Å²) in [5, 5.41) is 24.5. The number of rotatable bonds is 7. The number of β-lactam (4-membered cyclic amide) rings is 1. The monoisotopic (exact) mass is 455 g/mol. The van der Waals surface area contributed by atoms with E-state index >= 15 is 0 Å². The summed E-state index contributed by atoms with van der Waals surface area (Å²) in [7, 11) is 0. The maximum atomic E-state index is 12.6. The van der Waals surface area contributed by atoms with Crippen LogP contribution in [0.25, 0.3) is 0 Å². The molecule has 0 aliphatic carbocycles. The lowest BCUT2D eigenvalue weighted by molar-refractivity contribution is -0.164. The molecule has 2 saturated heterocycles. The average molecular weight is 455 g/mol. The van der Waals surface area contributed by atoms with Crippen LogP contribution in [0.3, 0.4) is 0 Å². The molecule has 12 nitrogen and oxygen atoms in total. The number of amides is 2. The van der Waals surface area contributed by atoms with E-state index in [1.54, 1.807) is 0 Å². The Labute approximate surface area is 177 Å². The maximum absolute atomic E-state index is 12.6. The number of hydrogen-bond acceptors (Lipinski definition) is 11. The largest absolute Gasteiger partial charge is 0.479 e. The van der Waals surface area contributed by atoms with Crippen LogP contribution in [0.5, 0.6) is 0 Å². The lowest BCUT2D eigenvalue weighted by Crippen LogP contribution is -2.73. The standard InChI is InChI=1S/C16H17N5O7S2/c1-2-16(14(26)28-3-8(22)23)5-21-12(25)10(13(21)30-6-16)19-11(24)9(20-27)7-4-29-15(17)18-7/h2,4,10,13,27H,1,3,5-6H2,(H2,17,18)(H,19,24)(H,22,23)/t10?,13-,16?/m1/s1. The number of nitrogen functional groups attached to an aromatic ring is 1. The molecule has 2 aliphatic heterocycles. The Hall–Kier alpha value is -3.13. The molecular formula is C16H17N5O7S2. The van der Waals surface area contributed by atoms with Gasteiger partial charge < -0.3 is 31.0 Å². The number of aliphatic carboxylic acids is 1. The summed E-state index contributed by atoms with van der Waals surface area (Å²) in [6.45, 7) is 2.78. The Bertz CT molecular complexity index is 948. The SMILES string of the molecule is C=CC1(C(=O)OCC(=O)O)CS[C@@H]2C(NC(=O)C(=NO)c3csc(N)n3)C(=O)N2C1. The van der Waals surface area contributed by atoms with Gasteiger partial charge in [-0.15, -0.1) is 29.7 Å². The molecule has 0 saturated carbocycles. The number of thiazole rings is 1. The van der Waals surface area contributed by atoms with E-state index in [2.05, 4.69) is 22.0 Å². The molecule has 0 aromatic carbocycles. The molecule has 3 heterocycles. The molecule has 0 bridgehead atoms. The number of anilines is 1. The molecule has 5 N–H and O–H groups in total. The van der Waals surface area contributed by atoms with Crippen LogP contribution < -0.4 is 11.1 Å². The Morgan fingerprint density at radius 1 is 1.53 bits per heavy atom. The van der Waals surface area contributed by atoms with E-state index in [4.69, 9.17) is 20.8 Å². The lowest BCUT2D eigenvalue weighted by Gasteiger charge is -2.53. The fourth-order valence-corrected chi connectivity index (χ4v) is 5.09. The Balaban J connectivity index is 1.66.